The van der Waals surface area contributed by atoms with Gasteiger partial charge in [-0.25, -0.2) is 4.39 Å². The summed E-state index contributed by atoms with van der Waals surface area (Å²) in [6.45, 7) is 1.84. The number of piperidine rings is 2. The first-order chi connectivity index (χ1) is 21.6. The van der Waals surface area contributed by atoms with Gasteiger partial charge in [0.2, 0.25) is 0 Å². The molecule has 13 heteroatoms. The van der Waals surface area contributed by atoms with E-state index >= 15 is 0 Å². The van der Waals surface area contributed by atoms with Gasteiger partial charge in [0.25, 0.3) is 11.8 Å². The van der Waals surface area contributed by atoms with E-state index < -0.39 is 24.5 Å². The molecule has 9 nitrogen and oxygen atoms in total. The number of aromatic nitrogens is 1. The summed E-state index contributed by atoms with van der Waals surface area (Å²) in [7, 11) is 0. The summed E-state index contributed by atoms with van der Waals surface area (Å²) in [5.74, 6) is -0.401. The average molecular weight is 626 g/mol. The Hall–Kier alpha value is -4.70. The number of nitrogens with one attached hydrogen (secondary N) is 1. The lowest BCUT2D eigenvalue weighted by molar-refractivity contribution is -0.274. The first kappa shape index (κ1) is 31.7. The van der Waals surface area contributed by atoms with Crippen LogP contribution in [0, 0.1) is 11.3 Å². The van der Waals surface area contributed by atoms with Crippen LogP contribution in [0.3, 0.4) is 0 Å². The molecule has 2 aliphatic rings. The molecule has 3 aromatic rings. The molecule has 45 heavy (non-hydrogen) atoms. The SMILES string of the molecule is N#Cc1ccc(OC2CCN(C(=O)c3ccc(C(=O)N[C@@H]4CCN(Cc5ccc(OC(F)(F)F)cc5)C[C@H]4F)cn3)CC2)cc1. The molecule has 0 aliphatic carbocycles. The van der Waals surface area contributed by atoms with Gasteiger partial charge < -0.3 is 19.7 Å². The third-order valence-corrected chi connectivity index (χ3v) is 7.77. The predicted molar refractivity (Wildman–Crippen MR) is 154 cm³/mol. The van der Waals surface area contributed by atoms with E-state index in [0.29, 0.717) is 62.3 Å². The predicted octanol–water partition coefficient (Wildman–Crippen LogP) is 4.88. The molecule has 5 rings (SSSR count). The Bertz CT molecular complexity index is 1500. The Morgan fingerprint density at radius 2 is 1.64 bits per heavy atom. The molecule has 1 N–H and O–H groups in total. The van der Waals surface area contributed by atoms with Gasteiger partial charge in [0, 0.05) is 51.8 Å². The van der Waals surface area contributed by atoms with E-state index in [1.54, 1.807) is 29.2 Å². The number of likely N-dealkylation sites (tertiary alicyclic amines) is 2. The van der Waals surface area contributed by atoms with Crippen LogP contribution in [0.4, 0.5) is 17.6 Å². The number of hydrogen-bond donors (Lipinski definition) is 1. The fraction of sp³-hybridized carbons (Fsp3) is 0.375. The lowest BCUT2D eigenvalue weighted by Gasteiger charge is -2.35. The minimum absolute atomic E-state index is 0.0483. The van der Waals surface area contributed by atoms with Crippen LogP contribution in [0.1, 0.15) is 51.2 Å². The first-order valence-electron chi connectivity index (χ1n) is 14.5. The van der Waals surface area contributed by atoms with Crippen LogP contribution in [-0.2, 0) is 6.54 Å². The number of amides is 2. The van der Waals surface area contributed by atoms with E-state index in [0.717, 1.165) is 0 Å². The molecule has 0 unspecified atom stereocenters. The van der Waals surface area contributed by atoms with Gasteiger partial charge in [0.05, 0.1) is 23.2 Å². The van der Waals surface area contributed by atoms with Crippen LogP contribution >= 0.6 is 0 Å². The molecule has 0 spiro atoms. The number of rotatable bonds is 8. The molecular formula is C32H31F4N5O4. The van der Waals surface area contributed by atoms with Gasteiger partial charge in [0.1, 0.15) is 29.5 Å². The molecule has 1 aromatic heterocycles. The Kier molecular flexibility index (Phi) is 9.83. The van der Waals surface area contributed by atoms with Crippen molar-refractivity contribution in [3.05, 3.63) is 89.2 Å². The molecule has 0 radical (unpaired) electrons. The van der Waals surface area contributed by atoms with Crippen molar-refractivity contribution >= 4 is 11.8 Å². The van der Waals surface area contributed by atoms with Crippen molar-refractivity contribution in [3.63, 3.8) is 0 Å². The number of pyridine rings is 1. The van der Waals surface area contributed by atoms with Crippen LogP contribution in [-0.4, -0.2) is 77.5 Å². The Morgan fingerprint density at radius 1 is 0.956 bits per heavy atom. The maximum atomic E-state index is 15.0. The molecule has 2 aliphatic heterocycles. The lowest BCUT2D eigenvalue weighted by atomic mass is 10.0. The second kappa shape index (κ2) is 13.9. The van der Waals surface area contributed by atoms with E-state index in [1.165, 1.54) is 42.6 Å². The number of carbonyl (C=O) groups excluding carboxylic acids is 2. The van der Waals surface area contributed by atoms with Crippen molar-refractivity contribution in [2.24, 2.45) is 0 Å². The summed E-state index contributed by atoms with van der Waals surface area (Å²) in [5.41, 5.74) is 1.67. The highest BCUT2D eigenvalue weighted by molar-refractivity contribution is 5.96. The van der Waals surface area contributed by atoms with Crippen molar-refractivity contribution in [1.82, 2.24) is 20.1 Å². The number of benzene rings is 2. The number of nitriles is 1. The van der Waals surface area contributed by atoms with Crippen molar-refractivity contribution in [2.45, 2.75) is 50.5 Å². The molecule has 0 bridgehead atoms. The quantitative estimate of drug-likeness (QED) is 0.356. The third-order valence-electron chi connectivity index (χ3n) is 7.77. The number of ether oxygens (including phenoxy) is 2. The largest absolute Gasteiger partial charge is 0.573 e. The van der Waals surface area contributed by atoms with Crippen molar-refractivity contribution < 1.29 is 36.6 Å². The highest BCUT2D eigenvalue weighted by Gasteiger charge is 2.32. The highest BCUT2D eigenvalue weighted by Crippen LogP contribution is 2.24. The molecule has 0 saturated carbocycles. The van der Waals surface area contributed by atoms with Crippen LogP contribution < -0.4 is 14.8 Å². The summed E-state index contributed by atoms with van der Waals surface area (Å²) in [6.07, 6.45) is -3.26. The molecule has 3 heterocycles. The fourth-order valence-corrected chi connectivity index (χ4v) is 5.37. The van der Waals surface area contributed by atoms with E-state index in [-0.39, 0.29) is 35.6 Å². The Morgan fingerprint density at radius 3 is 2.24 bits per heavy atom. The topological polar surface area (TPSA) is 108 Å². The van der Waals surface area contributed by atoms with Crippen molar-refractivity contribution in [2.75, 3.05) is 26.2 Å². The van der Waals surface area contributed by atoms with Gasteiger partial charge in [-0.05, 0) is 60.5 Å². The van der Waals surface area contributed by atoms with Gasteiger partial charge in [-0.15, -0.1) is 13.2 Å². The van der Waals surface area contributed by atoms with Crippen LogP contribution in [0.15, 0.2) is 66.9 Å². The normalized spacial score (nSPS) is 19.4. The van der Waals surface area contributed by atoms with Crippen molar-refractivity contribution in [3.8, 4) is 17.6 Å². The molecule has 2 fully saturated rings. The number of carbonyl (C=O) groups is 2. The Balaban J connectivity index is 1.06. The zero-order valence-corrected chi connectivity index (χ0v) is 24.2. The van der Waals surface area contributed by atoms with E-state index in [9.17, 15) is 27.2 Å². The zero-order chi connectivity index (χ0) is 32.0. The average Bonchev–Trinajstić information content (AvgIpc) is 3.03. The molecule has 236 valence electrons. The van der Waals surface area contributed by atoms with Crippen molar-refractivity contribution in [1.29, 1.82) is 5.26 Å². The third kappa shape index (κ3) is 8.69. The van der Waals surface area contributed by atoms with E-state index in [4.69, 9.17) is 10.00 Å². The zero-order valence-electron chi connectivity index (χ0n) is 24.2. The maximum absolute atomic E-state index is 15.0. The fourth-order valence-electron chi connectivity index (χ4n) is 5.37. The van der Waals surface area contributed by atoms with Gasteiger partial charge in [-0.2, -0.15) is 5.26 Å². The van der Waals surface area contributed by atoms with Crippen LogP contribution in [0.2, 0.25) is 0 Å². The monoisotopic (exact) mass is 625 g/mol. The Labute approximate surface area is 257 Å². The number of halogens is 4. The first-order valence-corrected chi connectivity index (χ1v) is 14.5. The molecule has 2 atom stereocenters. The standard InChI is InChI=1S/C32H31F4N5O4/c33-27-20-40(19-22-3-8-26(9-4-22)45-32(34,35)36)14-13-28(27)39-30(42)23-5-10-29(38-18-23)31(43)41-15-11-25(12-16-41)44-24-6-1-21(17-37)2-7-24/h1-10,18,25,27-28H,11-16,19-20H2,(H,39,42)/t27-,28-/m1/s1. The maximum Gasteiger partial charge on any atom is 0.573 e. The summed E-state index contributed by atoms with van der Waals surface area (Å²) in [6, 6.07) is 16.6. The van der Waals surface area contributed by atoms with Gasteiger partial charge >= 0.3 is 6.36 Å². The lowest BCUT2D eigenvalue weighted by Crippen LogP contribution is -2.52. The van der Waals surface area contributed by atoms with Crippen LogP contribution in [0.5, 0.6) is 11.5 Å². The number of hydrogen-bond acceptors (Lipinski definition) is 7. The van der Waals surface area contributed by atoms with E-state index in [2.05, 4.69) is 21.1 Å². The highest BCUT2D eigenvalue weighted by atomic mass is 19.4. The number of alkyl halides is 4. The second-order valence-corrected chi connectivity index (χ2v) is 11.0. The molecule has 2 amide bonds. The summed E-state index contributed by atoms with van der Waals surface area (Å²) < 4.78 is 61.9. The van der Waals surface area contributed by atoms with Gasteiger partial charge in [-0.3, -0.25) is 19.5 Å². The minimum atomic E-state index is -4.77. The smallest absolute Gasteiger partial charge is 0.490 e. The molecule has 2 saturated heterocycles. The van der Waals surface area contributed by atoms with Gasteiger partial charge in [0.15, 0.2) is 0 Å². The van der Waals surface area contributed by atoms with Gasteiger partial charge in [-0.1, -0.05) is 12.1 Å². The molecule has 2 aromatic carbocycles. The number of nitrogens with zero attached hydrogens (tertiary/aromatic N) is 4. The van der Waals surface area contributed by atoms with E-state index in [1.807, 2.05) is 4.90 Å². The minimum Gasteiger partial charge on any atom is -0.490 e. The molecular weight excluding hydrogens is 594 g/mol. The summed E-state index contributed by atoms with van der Waals surface area (Å²) >= 11 is 0. The second-order valence-electron chi connectivity index (χ2n) is 11.0. The van der Waals surface area contributed by atoms with Crippen LogP contribution in [0.25, 0.3) is 0 Å². The summed E-state index contributed by atoms with van der Waals surface area (Å²) in [4.78, 5) is 33.5. The summed E-state index contributed by atoms with van der Waals surface area (Å²) in [5, 5.41) is 11.6.